The van der Waals surface area contributed by atoms with Crippen LogP contribution in [0.5, 0.6) is 0 Å². The molecule has 2 saturated carbocycles. The summed E-state index contributed by atoms with van der Waals surface area (Å²) in [6.07, 6.45) is 11.0. The van der Waals surface area contributed by atoms with Crippen LogP contribution in [0.1, 0.15) is 117 Å². The Bertz CT molecular complexity index is 1330. The maximum absolute atomic E-state index is 14.4. The smallest absolute Gasteiger partial charge is 0.315 e. The third-order valence-electron chi connectivity index (χ3n) is 11.4. The van der Waals surface area contributed by atoms with E-state index in [4.69, 9.17) is 0 Å². The van der Waals surface area contributed by atoms with Gasteiger partial charge >= 0.3 is 6.03 Å². The fraction of sp³-hybridized carbons (Fsp3) is 0.857. The minimum atomic E-state index is -3.61. The van der Waals surface area contributed by atoms with E-state index in [1.54, 1.807) is 4.90 Å². The summed E-state index contributed by atoms with van der Waals surface area (Å²) in [7, 11) is -0.647. The predicted octanol–water partition coefficient (Wildman–Crippen LogP) is 2.84. The summed E-state index contributed by atoms with van der Waals surface area (Å²) in [5.74, 6) is -2.43. The number of nitrogens with zero attached hydrogens (tertiary/aromatic N) is 2. The van der Waals surface area contributed by atoms with E-state index in [2.05, 4.69) is 35.1 Å². The van der Waals surface area contributed by atoms with E-state index in [-0.39, 0.29) is 28.9 Å². The molecule has 0 radical (unpaired) electrons. The van der Waals surface area contributed by atoms with Gasteiger partial charge in [0.1, 0.15) is 12.1 Å². The second-order valence-corrected chi connectivity index (χ2v) is 17.8. The van der Waals surface area contributed by atoms with Crippen molar-refractivity contribution >= 4 is 39.6 Å². The molecule has 2 aliphatic carbocycles. The van der Waals surface area contributed by atoms with Gasteiger partial charge in [0, 0.05) is 27.2 Å². The topological polar surface area (TPSA) is 174 Å². The zero-order valence-corrected chi connectivity index (χ0v) is 31.1. The van der Waals surface area contributed by atoms with Crippen molar-refractivity contribution in [1.82, 2.24) is 30.5 Å². The lowest BCUT2D eigenvalue weighted by molar-refractivity contribution is -0.144. The van der Waals surface area contributed by atoms with Gasteiger partial charge in [0.05, 0.1) is 17.3 Å². The van der Waals surface area contributed by atoms with Crippen molar-refractivity contribution < 1.29 is 32.4 Å². The Hall–Kier alpha value is -2.74. The summed E-state index contributed by atoms with van der Waals surface area (Å²) in [6.45, 7) is 6.77. The normalized spacial score (nSPS) is 29.3. The quantitative estimate of drug-likeness (QED) is 0.267. The largest absolute Gasteiger partial charge is 0.349 e. The molecule has 0 spiro atoms. The average Bonchev–Trinajstić information content (AvgIpc) is 3.34. The Labute approximate surface area is 292 Å². The zero-order valence-electron chi connectivity index (χ0n) is 30.3. The number of amides is 5. The van der Waals surface area contributed by atoms with Gasteiger partial charge in [-0.15, -0.1) is 0 Å². The number of piperidine rings is 1. The Balaban J connectivity index is 1.57. The van der Waals surface area contributed by atoms with Gasteiger partial charge in [-0.05, 0) is 49.4 Å². The van der Waals surface area contributed by atoms with Crippen molar-refractivity contribution in [2.45, 2.75) is 141 Å². The molecule has 0 aromatic carbocycles. The lowest BCUT2D eigenvalue weighted by atomic mass is 9.83. The molecule has 14 heteroatoms. The van der Waals surface area contributed by atoms with Crippen LogP contribution in [0, 0.1) is 17.3 Å². The van der Waals surface area contributed by atoms with Crippen LogP contribution in [0.15, 0.2) is 0 Å². The van der Waals surface area contributed by atoms with Crippen LogP contribution in [0.4, 0.5) is 4.79 Å². The maximum Gasteiger partial charge on any atom is 0.315 e. The molecule has 4 N–H and O–H groups in total. The first-order valence-electron chi connectivity index (χ1n) is 18.6. The van der Waals surface area contributed by atoms with E-state index in [1.165, 1.54) is 18.4 Å². The van der Waals surface area contributed by atoms with Gasteiger partial charge in [-0.2, -0.15) is 0 Å². The number of carbonyl (C=O) groups is 5. The molecule has 2 heterocycles. The van der Waals surface area contributed by atoms with E-state index < -0.39 is 57.3 Å². The lowest BCUT2D eigenvalue weighted by Gasteiger charge is -2.39. The summed E-state index contributed by atoms with van der Waals surface area (Å²) in [4.78, 5) is 69.6. The number of Topliss-reactive ketones (excluding diaryl/α,β-unsaturated/α-hetero) is 1. The van der Waals surface area contributed by atoms with E-state index in [0.717, 1.165) is 51.4 Å². The van der Waals surface area contributed by atoms with E-state index in [1.807, 2.05) is 6.92 Å². The molecule has 5 amide bonds. The molecule has 2 saturated heterocycles. The van der Waals surface area contributed by atoms with Gasteiger partial charge in [0.25, 0.3) is 5.91 Å². The molecule has 0 aromatic heterocycles. The summed E-state index contributed by atoms with van der Waals surface area (Å²) in [6, 6.07) is -3.32. The van der Waals surface area contributed by atoms with Crippen LogP contribution >= 0.6 is 0 Å². The van der Waals surface area contributed by atoms with Crippen molar-refractivity contribution in [3.8, 4) is 0 Å². The first-order valence-corrected chi connectivity index (χ1v) is 20.2. The van der Waals surface area contributed by atoms with Gasteiger partial charge in [0.15, 0.2) is 0 Å². The molecular weight excluding hydrogens is 648 g/mol. The molecular formula is C35H60N6O7S. The number of ketones is 1. The standard InChI is InChI=1S/C35H60N6O7S/c1-6-21-36-31(44)29(42)25-17-13-10-8-7-9-11-14-18-26(32(45)41-22-24-27(34(24,2)3)28(41)30(43)37-25)38-33(46)39-35(19-15-12-16-20-35)23-49(47,48)40(4)5/h24-28H,6-23H2,1-5H3,(H,36,44)(H,37,43)(H2,38,39,46)/t24-,25+,26+,27-,28-/m0/s1. The highest BCUT2D eigenvalue weighted by atomic mass is 32.2. The van der Waals surface area contributed by atoms with E-state index >= 15 is 0 Å². The second-order valence-electron chi connectivity index (χ2n) is 15.7. The van der Waals surface area contributed by atoms with Gasteiger partial charge in [-0.3, -0.25) is 19.2 Å². The number of urea groups is 1. The van der Waals surface area contributed by atoms with E-state index in [9.17, 15) is 32.4 Å². The highest BCUT2D eigenvalue weighted by Gasteiger charge is 2.69. The van der Waals surface area contributed by atoms with Gasteiger partial charge < -0.3 is 26.2 Å². The fourth-order valence-corrected chi connectivity index (χ4v) is 9.63. The molecule has 2 aliphatic heterocycles. The molecule has 4 fully saturated rings. The van der Waals surface area contributed by atoms with Crippen molar-refractivity contribution in [2.24, 2.45) is 17.3 Å². The van der Waals surface area contributed by atoms with Crippen molar-refractivity contribution in [2.75, 3.05) is 32.9 Å². The summed E-state index contributed by atoms with van der Waals surface area (Å²) >= 11 is 0. The number of sulfonamides is 1. The summed E-state index contributed by atoms with van der Waals surface area (Å²) in [5, 5.41) is 11.4. The van der Waals surface area contributed by atoms with Crippen LogP contribution < -0.4 is 21.3 Å². The van der Waals surface area contributed by atoms with Crippen molar-refractivity contribution in [3.63, 3.8) is 0 Å². The number of rotatable bonds is 9. The first-order chi connectivity index (χ1) is 23.1. The Morgan fingerprint density at radius 2 is 1.51 bits per heavy atom. The second kappa shape index (κ2) is 16.5. The summed E-state index contributed by atoms with van der Waals surface area (Å²) in [5.41, 5.74) is -1.12. The molecule has 0 unspecified atom stereocenters. The van der Waals surface area contributed by atoms with Crippen LogP contribution in [0.2, 0.25) is 0 Å². The maximum atomic E-state index is 14.4. The molecule has 0 bridgehead atoms. The van der Waals surface area contributed by atoms with Crippen LogP contribution in [0.3, 0.4) is 0 Å². The van der Waals surface area contributed by atoms with Crippen molar-refractivity contribution in [1.29, 1.82) is 0 Å². The number of fused-ring (bicyclic) bond motifs is 3. The first kappa shape index (κ1) is 39.1. The number of hydrogen-bond donors (Lipinski definition) is 4. The Morgan fingerprint density at radius 1 is 0.918 bits per heavy atom. The van der Waals surface area contributed by atoms with E-state index in [0.29, 0.717) is 58.0 Å². The van der Waals surface area contributed by atoms with Gasteiger partial charge in [0.2, 0.25) is 27.6 Å². The molecule has 4 aliphatic rings. The zero-order chi connectivity index (χ0) is 36.0. The minimum Gasteiger partial charge on any atom is -0.349 e. The number of nitrogens with one attached hydrogen (secondary N) is 4. The van der Waals surface area contributed by atoms with Crippen LogP contribution in [-0.2, 0) is 29.2 Å². The Kier molecular flexibility index (Phi) is 13.2. The highest BCUT2D eigenvalue weighted by Crippen LogP contribution is 2.65. The number of carbonyl (C=O) groups excluding carboxylic acids is 5. The number of hydrogen-bond acceptors (Lipinski definition) is 7. The molecule has 4 rings (SSSR count). The predicted molar refractivity (Wildman–Crippen MR) is 187 cm³/mol. The molecule has 278 valence electrons. The van der Waals surface area contributed by atoms with Crippen molar-refractivity contribution in [3.05, 3.63) is 0 Å². The monoisotopic (exact) mass is 708 g/mol. The third-order valence-corrected chi connectivity index (χ3v) is 13.5. The lowest BCUT2D eigenvalue weighted by Crippen LogP contribution is -2.62. The Morgan fingerprint density at radius 3 is 2.12 bits per heavy atom. The molecule has 5 atom stereocenters. The minimum absolute atomic E-state index is 0.0903. The van der Waals surface area contributed by atoms with Crippen LogP contribution in [-0.4, -0.2) is 104 Å². The van der Waals surface area contributed by atoms with Gasteiger partial charge in [-0.1, -0.05) is 85.0 Å². The SMILES string of the molecule is CCCNC(=O)C(=O)[C@H]1CCCCCCCCC[C@@H](NC(=O)NC2(CS(=O)(=O)N(C)C)CCCCC2)C(=O)N2C[C@H]3[C@@H]([C@H]2C(=O)N1)C3(C)C. The average molecular weight is 709 g/mol. The highest BCUT2D eigenvalue weighted by molar-refractivity contribution is 7.89. The molecule has 0 aromatic rings. The molecule has 13 nitrogen and oxygen atoms in total. The molecule has 49 heavy (non-hydrogen) atoms. The van der Waals surface area contributed by atoms with Crippen LogP contribution in [0.25, 0.3) is 0 Å². The third kappa shape index (κ3) is 9.53. The van der Waals surface area contributed by atoms with Gasteiger partial charge in [-0.25, -0.2) is 17.5 Å². The summed E-state index contributed by atoms with van der Waals surface area (Å²) < 4.78 is 27.1. The fourth-order valence-electron chi connectivity index (χ4n) is 8.31.